The summed E-state index contributed by atoms with van der Waals surface area (Å²) in [5.41, 5.74) is 6.14. The minimum Gasteiger partial charge on any atom is -0.339 e. The van der Waals surface area contributed by atoms with Gasteiger partial charge in [0.1, 0.15) is 0 Å². The Labute approximate surface area is 138 Å². The largest absolute Gasteiger partial charge is 0.339 e. The first-order valence-corrected chi connectivity index (χ1v) is 8.20. The van der Waals surface area contributed by atoms with Gasteiger partial charge in [-0.3, -0.25) is 9.59 Å². The Kier molecular flexibility index (Phi) is 5.42. The lowest BCUT2D eigenvalue weighted by atomic mass is 9.83. The number of carbonyl (C=O) groups is 2. The normalized spacial score (nSPS) is 17.0. The van der Waals surface area contributed by atoms with Gasteiger partial charge in [0.2, 0.25) is 11.8 Å². The molecule has 0 saturated carbocycles. The lowest BCUT2D eigenvalue weighted by Gasteiger charge is -2.39. The molecule has 2 N–H and O–H groups in total. The second-order valence-electron chi connectivity index (χ2n) is 6.85. The minimum absolute atomic E-state index is 0.0782. The Balaban J connectivity index is 1.97. The molecular formula is C18H27N3O2. The Morgan fingerprint density at radius 3 is 2.13 bits per heavy atom. The smallest absolute Gasteiger partial charge is 0.232 e. The molecule has 1 saturated heterocycles. The van der Waals surface area contributed by atoms with Crippen molar-refractivity contribution < 1.29 is 9.59 Å². The minimum atomic E-state index is -0.556. The zero-order valence-corrected chi connectivity index (χ0v) is 14.3. The van der Waals surface area contributed by atoms with E-state index in [0.717, 1.165) is 5.56 Å². The summed E-state index contributed by atoms with van der Waals surface area (Å²) in [6.45, 7) is 8.08. The summed E-state index contributed by atoms with van der Waals surface area (Å²) in [6.07, 6.45) is 0.365. The molecule has 1 fully saturated rings. The zero-order valence-electron chi connectivity index (χ0n) is 14.3. The Bertz CT molecular complexity index is 547. The molecule has 0 spiro atoms. The molecule has 5 heteroatoms. The van der Waals surface area contributed by atoms with Crippen LogP contribution >= 0.6 is 0 Å². The molecule has 1 heterocycles. The van der Waals surface area contributed by atoms with Gasteiger partial charge in [0.05, 0.1) is 5.41 Å². The highest BCUT2D eigenvalue weighted by Gasteiger charge is 2.35. The number of nitrogens with zero attached hydrogens (tertiary/aromatic N) is 2. The molecule has 1 aliphatic rings. The van der Waals surface area contributed by atoms with E-state index in [2.05, 4.69) is 0 Å². The molecule has 23 heavy (non-hydrogen) atoms. The SMILES string of the molecule is CC(N)CC(=O)N1CCN(C(=O)C(C)(C)c2ccccc2)CC1. The van der Waals surface area contributed by atoms with Gasteiger partial charge < -0.3 is 15.5 Å². The van der Waals surface area contributed by atoms with Crippen LogP contribution in [0, 0.1) is 0 Å². The van der Waals surface area contributed by atoms with Crippen LogP contribution in [0.25, 0.3) is 0 Å². The fourth-order valence-electron chi connectivity index (χ4n) is 2.94. The van der Waals surface area contributed by atoms with Crippen LogP contribution in [-0.2, 0) is 15.0 Å². The van der Waals surface area contributed by atoms with E-state index in [4.69, 9.17) is 5.73 Å². The van der Waals surface area contributed by atoms with E-state index >= 15 is 0 Å². The highest BCUT2D eigenvalue weighted by molar-refractivity contribution is 5.87. The van der Waals surface area contributed by atoms with Crippen LogP contribution in [0.1, 0.15) is 32.8 Å². The van der Waals surface area contributed by atoms with Crippen molar-refractivity contribution in [2.45, 2.75) is 38.6 Å². The molecule has 0 aliphatic carbocycles. The predicted octanol–water partition coefficient (Wildman–Crippen LogP) is 1.37. The molecule has 1 atom stereocenters. The van der Waals surface area contributed by atoms with Gasteiger partial charge in [-0.05, 0) is 26.3 Å². The van der Waals surface area contributed by atoms with E-state index < -0.39 is 5.41 Å². The molecule has 0 aromatic heterocycles. The van der Waals surface area contributed by atoms with Crippen LogP contribution in [0.2, 0.25) is 0 Å². The van der Waals surface area contributed by atoms with Crippen molar-refractivity contribution in [1.29, 1.82) is 0 Å². The van der Waals surface area contributed by atoms with Crippen molar-refractivity contribution in [2.75, 3.05) is 26.2 Å². The van der Waals surface area contributed by atoms with Gasteiger partial charge >= 0.3 is 0 Å². The van der Waals surface area contributed by atoms with Gasteiger partial charge in [-0.1, -0.05) is 30.3 Å². The van der Waals surface area contributed by atoms with Crippen LogP contribution in [-0.4, -0.2) is 53.8 Å². The van der Waals surface area contributed by atoms with E-state index in [-0.39, 0.29) is 17.9 Å². The van der Waals surface area contributed by atoms with Gasteiger partial charge in [-0.2, -0.15) is 0 Å². The standard InChI is InChI=1S/C18H27N3O2/c1-14(19)13-16(22)20-9-11-21(12-10-20)17(23)18(2,3)15-7-5-4-6-8-15/h4-8,14H,9-13,19H2,1-3H3. The summed E-state index contributed by atoms with van der Waals surface area (Å²) in [5, 5.41) is 0. The van der Waals surface area contributed by atoms with Gasteiger partial charge in [0, 0.05) is 38.6 Å². The van der Waals surface area contributed by atoms with E-state index in [1.165, 1.54) is 0 Å². The van der Waals surface area contributed by atoms with E-state index in [9.17, 15) is 9.59 Å². The van der Waals surface area contributed by atoms with Gasteiger partial charge in [-0.15, -0.1) is 0 Å². The first kappa shape index (κ1) is 17.5. The number of benzene rings is 1. The summed E-state index contributed by atoms with van der Waals surface area (Å²) < 4.78 is 0. The fourth-order valence-corrected chi connectivity index (χ4v) is 2.94. The Morgan fingerprint density at radius 2 is 1.61 bits per heavy atom. The maximum Gasteiger partial charge on any atom is 0.232 e. The highest BCUT2D eigenvalue weighted by Crippen LogP contribution is 2.26. The monoisotopic (exact) mass is 317 g/mol. The van der Waals surface area contributed by atoms with Crippen LogP contribution in [0.5, 0.6) is 0 Å². The molecular weight excluding hydrogens is 290 g/mol. The number of hydrogen-bond donors (Lipinski definition) is 1. The van der Waals surface area contributed by atoms with Crippen molar-refractivity contribution in [3.8, 4) is 0 Å². The molecule has 0 radical (unpaired) electrons. The molecule has 5 nitrogen and oxygen atoms in total. The summed E-state index contributed by atoms with van der Waals surface area (Å²) in [7, 11) is 0. The maximum atomic E-state index is 12.9. The number of piperazine rings is 1. The first-order valence-electron chi connectivity index (χ1n) is 8.20. The molecule has 1 aromatic carbocycles. The van der Waals surface area contributed by atoms with Crippen molar-refractivity contribution >= 4 is 11.8 Å². The average molecular weight is 317 g/mol. The topological polar surface area (TPSA) is 66.6 Å². The second kappa shape index (κ2) is 7.13. The summed E-state index contributed by atoms with van der Waals surface area (Å²) in [5.74, 6) is 0.192. The fraction of sp³-hybridized carbons (Fsp3) is 0.556. The molecule has 1 aliphatic heterocycles. The number of nitrogens with two attached hydrogens (primary N) is 1. The highest BCUT2D eigenvalue weighted by atomic mass is 16.2. The number of amides is 2. The molecule has 126 valence electrons. The van der Waals surface area contributed by atoms with Crippen LogP contribution in [0.3, 0.4) is 0 Å². The molecule has 1 unspecified atom stereocenters. The quantitative estimate of drug-likeness (QED) is 0.912. The van der Waals surface area contributed by atoms with Crippen LogP contribution < -0.4 is 5.73 Å². The van der Waals surface area contributed by atoms with Crippen molar-refractivity contribution in [3.63, 3.8) is 0 Å². The zero-order chi connectivity index (χ0) is 17.0. The molecule has 1 aromatic rings. The lowest BCUT2D eigenvalue weighted by Crippen LogP contribution is -2.54. The second-order valence-corrected chi connectivity index (χ2v) is 6.85. The summed E-state index contributed by atoms with van der Waals surface area (Å²) in [6, 6.07) is 9.71. The third-order valence-electron chi connectivity index (χ3n) is 4.45. The third kappa shape index (κ3) is 4.10. The van der Waals surface area contributed by atoms with E-state index in [1.54, 1.807) is 0 Å². The number of carbonyl (C=O) groups excluding carboxylic acids is 2. The molecule has 2 amide bonds. The number of hydrogen-bond acceptors (Lipinski definition) is 3. The summed E-state index contributed by atoms with van der Waals surface area (Å²) >= 11 is 0. The average Bonchev–Trinajstić information content (AvgIpc) is 2.54. The maximum absolute atomic E-state index is 12.9. The third-order valence-corrected chi connectivity index (χ3v) is 4.45. The molecule has 2 rings (SSSR count). The van der Waals surface area contributed by atoms with Crippen LogP contribution in [0.15, 0.2) is 30.3 Å². The molecule has 0 bridgehead atoms. The predicted molar refractivity (Wildman–Crippen MR) is 90.9 cm³/mol. The van der Waals surface area contributed by atoms with Gasteiger partial charge in [0.15, 0.2) is 0 Å². The van der Waals surface area contributed by atoms with Crippen molar-refractivity contribution in [3.05, 3.63) is 35.9 Å². The Morgan fingerprint density at radius 1 is 1.09 bits per heavy atom. The van der Waals surface area contributed by atoms with Gasteiger partial charge in [-0.25, -0.2) is 0 Å². The van der Waals surface area contributed by atoms with Crippen molar-refractivity contribution in [1.82, 2.24) is 9.80 Å². The Hall–Kier alpha value is -1.88. The first-order chi connectivity index (χ1) is 10.8. The van der Waals surface area contributed by atoms with E-state index in [1.807, 2.05) is 60.9 Å². The van der Waals surface area contributed by atoms with Crippen LogP contribution in [0.4, 0.5) is 0 Å². The summed E-state index contributed by atoms with van der Waals surface area (Å²) in [4.78, 5) is 28.6. The van der Waals surface area contributed by atoms with E-state index in [0.29, 0.717) is 32.6 Å². The number of rotatable bonds is 4. The van der Waals surface area contributed by atoms with Gasteiger partial charge in [0.25, 0.3) is 0 Å². The van der Waals surface area contributed by atoms with Crippen molar-refractivity contribution in [2.24, 2.45) is 5.73 Å². The lowest BCUT2D eigenvalue weighted by molar-refractivity contribution is -0.142.